The molecule has 0 saturated heterocycles. The highest BCUT2D eigenvalue weighted by molar-refractivity contribution is 9.10. The second-order valence-corrected chi connectivity index (χ2v) is 7.90. The van der Waals surface area contributed by atoms with Gasteiger partial charge < -0.3 is 15.7 Å². The van der Waals surface area contributed by atoms with E-state index in [4.69, 9.17) is 5.14 Å². The molecule has 0 aliphatic carbocycles. The molecule has 136 valence electrons. The van der Waals surface area contributed by atoms with Crippen LogP contribution in [-0.4, -0.2) is 35.6 Å². The quantitative estimate of drug-likeness (QED) is 0.530. The molecule has 0 aliphatic rings. The largest absolute Gasteiger partial charge is 0.391 e. The molecule has 0 radical (unpaired) electrons. The Labute approximate surface area is 155 Å². The number of sulfonamides is 1. The van der Waals surface area contributed by atoms with E-state index in [2.05, 4.69) is 36.5 Å². The maximum absolute atomic E-state index is 11.3. The average molecular weight is 430 g/mol. The Morgan fingerprint density at radius 2 is 1.96 bits per heavy atom. The summed E-state index contributed by atoms with van der Waals surface area (Å²) in [6.07, 6.45) is 1.78. The summed E-state index contributed by atoms with van der Waals surface area (Å²) < 4.78 is 23.2. The second-order valence-electron chi connectivity index (χ2n) is 5.48. The van der Waals surface area contributed by atoms with E-state index in [9.17, 15) is 13.5 Å². The summed E-state index contributed by atoms with van der Waals surface area (Å²) in [7, 11) is -3.73. The number of hydrogen-bond acceptors (Lipinski definition) is 7. The van der Waals surface area contributed by atoms with Crippen molar-refractivity contribution in [2.24, 2.45) is 5.14 Å². The third-order valence-corrected chi connectivity index (χ3v) is 5.04. The van der Waals surface area contributed by atoms with Crippen molar-refractivity contribution in [1.82, 2.24) is 9.97 Å². The summed E-state index contributed by atoms with van der Waals surface area (Å²) in [5.41, 5.74) is 0.614. The number of anilines is 3. The Morgan fingerprint density at radius 1 is 1.32 bits per heavy atom. The van der Waals surface area contributed by atoms with Crippen LogP contribution in [-0.2, 0) is 10.0 Å². The van der Waals surface area contributed by atoms with E-state index in [1.807, 2.05) is 6.92 Å². The lowest BCUT2D eigenvalue weighted by atomic mass is 10.1. The van der Waals surface area contributed by atoms with Crippen LogP contribution in [0.3, 0.4) is 0 Å². The number of aliphatic hydroxyl groups excluding tert-OH is 1. The summed E-state index contributed by atoms with van der Waals surface area (Å²) >= 11 is 3.38. The Bertz CT molecular complexity index is 828. The zero-order valence-corrected chi connectivity index (χ0v) is 16.2. The predicted molar refractivity (Wildman–Crippen MR) is 100 cm³/mol. The summed E-state index contributed by atoms with van der Waals surface area (Å²) in [5.74, 6) is 0.876. The Morgan fingerprint density at radius 3 is 2.48 bits per heavy atom. The molecule has 2 atom stereocenters. The highest BCUT2D eigenvalue weighted by Crippen LogP contribution is 2.24. The molecule has 0 saturated carbocycles. The first-order valence-corrected chi connectivity index (χ1v) is 9.91. The summed E-state index contributed by atoms with van der Waals surface area (Å²) in [4.78, 5) is 8.57. The van der Waals surface area contributed by atoms with Crippen LogP contribution >= 0.6 is 15.9 Å². The number of halogens is 1. The van der Waals surface area contributed by atoms with E-state index in [1.54, 1.807) is 25.3 Å². The van der Waals surface area contributed by atoms with E-state index in [1.165, 1.54) is 12.1 Å². The number of primary sulfonamides is 1. The van der Waals surface area contributed by atoms with Gasteiger partial charge in [-0.1, -0.05) is 6.92 Å². The van der Waals surface area contributed by atoms with Gasteiger partial charge in [0.15, 0.2) is 0 Å². The van der Waals surface area contributed by atoms with Crippen LogP contribution in [0.15, 0.2) is 39.8 Å². The van der Waals surface area contributed by atoms with Gasteiger partial charge >= 0.3 is 0 Å². The zero-order chi connectivity index (χ0) is 18.6. The van der Waals surface area contributed by atoms with Gasteiger partial charge in [-0.2, -0.15) is 4.98 Å². The number of nitrogens with two attached hydrogens (primary N) is 1. The highest BCUT2D eigenvalue weighted by atomic mass is 79.9. The van der Waals surface area contributed by atoms with Gasteiger partial charge in [-0.05, 0) is 53.5 Å². The van der Waals surface area contributed by atoms with Crippen molar-refractivity contribution in [3.8, 4) is 0 Å². The van der Waals surface area contributed by atoms with E-state index < -0.39 is 16.1 Å². The predicted octanol–water partition coefficient (Wildman–Crippen LogP) is 2.20. The van der Waals surface area contributed by atoms with Crippen LogP contribution in [0.2, 0.25) is 0 Å². The summed E-state index contributed by atoms with van der Waals surface area (Å²) in [6, 6.07) is 5.80. The molecule has 0 amide bonds. The molecule has 2 aromatic rings. The third kappa shape index (κ3) is 5.36. The zero-order valence-electron chi connectivity index (χ0n) is 13.8. The topological polar surface area (TPSA) is 130 Å². The van der Waals surface area contributed by atoms with Gasteiger partial charge in [-0.25, -0.2) is 18.5 Å². The number of benzene rings is 1. The van der Waals surface area contributed by atoms with Crippen molar-refractivity contribution >= 4 is 43.4 Å². The number of hydrogen-bond donors (Lipinski definition) is 4. The number of rotatable bonds is 7. The van der Waals surface area contributed by atoms with Crippen molar-refractivity contribution in [3.05, 3.63) is 34.9 Å². The van der Waals surface area contributed by atoms with Gasteiger partial charge in [-0.3, -0.25) is 0 Å². The standard InChI is InChI=1S/C15H20BrN5O3S/c1-3-13(9(2)22)20-14-12(16)8-18-15(21-14)19-10-4-6-11(7-5-10)25(17,23)24/h4-9,13,22H,3H2,1-2H3,(H2,17,23,24)(H2,18,19,20,21). The number of nitrogens with one attached hydrogen (secondary N) is 2. The number of aliphatic hydroxyl groups is 1. The average Bonchev–Trinajstić information content (AvgIpc) is 2.54. The molecule has 10 heteroatoms. The van der Waals surface area contributed by atoms with Gasteiger partial charge in [0, 0.05) is 11.9 Å². The maximum Gasteiger partial charge on any atom is 0.238 e. The van der Waals surface area contributed by atoms with Crippen molar-refractivity contribution in [1.29, 1.82) is 0 Å². The van der Waals surface area contributed by atoms with Crippen molar-refractivity contribution < 1.29 is 13.5 Å². The summed E-state index contributed by atoms with van der Waals surface area (Å²) in [6.45, 7) is 3.67. The van der Waals surface area contributed by atoms with E-state index in [0.717, 1.165) is 6.42 Å². The van der Waals surface area contributed by atoms with E-state index in [0.29, 0.717) is 21.9 Å². The molecule has 0 fully saturated rings. The molecule has 5 N–H and O–H groups in total. The van der Waals surface area contributed by atoms with E-state index >= 15 is 0 Å². The summed E-state index contributed by atoms with van der Waals surface area (Å²) in [5, 5.41) is 21.0. The Balaban J connectivity index is 2.19. The fourth-order valence-corrected chi connectivity index (χ4v) is 2.95. The van der Waals surface area contributed by atoms with Crippen LogP contribution in [0.1, 0.15) is 20.3 Å². The molecule has 0 spiro atoms. The molecular formula is C15H20BrN5O3S. The molecule has 0 aliphatic heterocycles. The number of aromatic nitrogens is 2. The minimum atomic E-state index is -3.73. The van der Waals surface area contributed by atoms with Gasteiger partial charge in [0.1, 0.15) is 5.82 Å². The Kier molecular flexibility index (Phi) is 6.33. The van der Waals surface area contributed by atoms with Crippen LogP contribution in [0.25, 0.3) is 0 Å². The first-order chi connectivity index (χ1) is 11.7. The SMILES string of the molecule is CCC(Nc1nc(Nc2ccc(S(N)(=O)=O)cc2)ncc1Br)C(C)O. The second kappa shape index (κ2) is 8.09. The van der Waals surface area contributed by atoms with Crippen molar-refractivity contribution in [3.63, 3.8) is 0 Å². The molecule has 1 aromatic carbocycles. The van der Waals surface area contributed by atoms with E-state index in [-0.39, 0.29) is 10.9 Å². The van der Waals surface area contributed by atoms with Crippen molar-refractivity contribution in [2.45, 2.75) is 37.3 Å². The van der Waals surface area contributed by atoms with Crippen LogP contribution < -0.4 is 15.8 Å². The fourth-order valence-electron chi connectivity index (χ4n) is 2.13. The third-order valence-electron chi connectivity index (χ3n) is 3.53. The van der Waals surface area contributed by atoms with Crippen LogP contribution in [0, 0.1) is 0 Å². The molecule has 2 unspecified atom stereocenters. The minimum absolute atomic E-state index is 0.0276. The van der Waals surface area contributed by atoms with Gasteiger partial charge in [0.2, 0.25) is 16.0 Å². The molecule has 2 rings (SSSR count). The maximum atomic E-state index is 11.3. The molecule has 25 heavy (non-hydrogen) atoms. The normalized spacial score (nSPS) is 14.0. The van der Waals surface area contributed by atoms with Crippen molar-refractivity contribution in [2.75, 3.05) is 10.6 Å². The first kappa shape index (κ1) is 19.6. The molecule has 1 heterocycles. The van der Waals surface area contributed by atoms with Gasteiger partial charge in [0.25, 0.3) is 0 Å². The van der Waals surface area contributed by atoms with Crippen LogP contribution in [0.4, 0.5) is 17.5 Å². The molecular weight excluding hydrogens is 410 g/mol. The lowest BCUT2D eigenvalue weighted by molar-refractivity contribution is 0.169. The first-order valence-electron chi connectivity index (χ1n) is 7.57. The molecule has 8 nitrogen and oxygen atoms in total. The lowest BCUT2D eigenvalue weighted by Crippen LogP contribution is -2.31. The van der Waals surface area contributed by atoms with Gasteiger partial charge in [0.05, 0.1) is 21.5 Å². The Hall–Kier alpha value is -1.75. The minimum Gasteiger partial charge on any atom is -0.391 e. The molecule has 0 bridgehead atoms. The van der Waals surface area contributed by atoms with Crippen LogP contribution in [0.5, 0.6) is 0 Å². The van der Waals surface area contributed by atoms with Gasteiger partial charge in [-0.15, -0.1) is 0 Å². The lowest BCUT2D eigenvalue weighted by Gasteiger charge is -2.21. The number of nitrogens with zero attached hydrogens (tertiary/aromatic N) is 2. The smallest absolute Gasteiger partial charge is 0.238 e. The fraction of sp³-hybridized carbons (Fsp3) is 0.333. The highest BCUT2D eigenvalue weighted by Gasteiger charge is 2.15. The monoisotopic (exact) mass is 429 g/mol. The molecule has 1 aromatic heterocycles.